The number of rotatable bonds is 12. The molecule has 2 rings (SSSR count). The summed E-state index contributed by atoms with van der Waals surface area (Å²) in [6.07, 6.45) is 6.19. The van der Waals surface area contributed by atoms with E-state index in [0.29, 0.717) is 23.8 Å². The number of nitrogens with zero attached hydrogens (tertiary/aromatic N) is 3. The fourth-order valence-electron chi connectivity index (χ4n) is 2.91. The first kappa shape index (κ1) is 23.9. The van der Waals surface area contributed by atoms with E-state index in [1.54, 1.807) is 28.9 Å². The number of aryl methyl sites for hydroxylation is 1. The van der Waals surface area contributed by atoms with Gasteiger partial charge in [-0.25, -0.2) is 4.68 Å². The third-order valence-corrected chi connectivity index (χ3v) is 5.65. The zero-order chi connectivity index (χ0) is 22.0. The molecule has 0 saturated carbocycles. The number of carbonyl (C=O) groups excluding carboxylic acids is 2. The van der Waals surface area contributed by atoms with Crippen molar-refractivity contribution < 1.29 is 9.59 Å². The molecule has 0 aliphatic carbocycles. The molecule has 0 aliphatic rings. The average Bonchev–Trinajstić information content (AvgIpc) is 3.15. The summed E-state index contributed by atoms with van der Waals surface area (Å²) in [6, 6.07) is 6.86. The molecule has 7 nitrogen and oxygen atoms in total. The molecule has 164 valence electrons. The highest BCUT2D eigenvalue weighted by atomic mass is 32.2. The van der Waals surface area contributed by atoms with E-state index in [1.165, 1.54) is 12.8 Å². The minimum absolute atomic E-state index is 0.0831. The van der Waals surface area contributed by atoms with Gasteiger partial charge in [-0.3, -0.25) is 9.59 Å². The highest BCUT2D eigenvalue weighted by molar-refractivity contribution is 7.99. The van der Waals surface area contributed by atoms with Crippen molar-refractivity contribution in [1.29, 1.82) is 0 Å². The number of primary amides is 1. The van der Waals surface area contributed by atoms with Gasteiger partial charge in [-0.05, 0) is 61.1 Å². The van der Waals surface area contributed by atoms with Crippen molar-refractivity contribution in [1.82, 2.24) is 20.3 Å². The molecule has 0 saturated heterocycles. The molecule has 0 fully saturated rings. The van der Waals surface area contributed by atoms with Crippen LogP contribution in [-0.4, -0.2) is 44.9 Å². The summed E-state index contributed by atoms with van der Waals surface area (Å²) in [7, 11) is 0. The van der Waals surface area contributed by atoms with Crippen LogP contribution in [0.5, 0.6) is 0 Å². The SMILES string of the molecule is CC(C)(C)CCCSCCNC(=O)CCCc1cn(-c2ccc(C(N)=O)cc2)nn1. The third kappa shape index (κ3) is 8.98. The molecule has 0 unspecified atom stereocenters. The lowest BCUT2D eigenvalue weighted by atomic mass is 9.91. The molecule has 0 aliphatic heterocycles. The van der Waals surface area contributed by atoms with Gasteiger partial charge in [0, 0.05) is 24.3 Å². The summed E-state index contributed by atoms with van der Waals surface area (Å²) < 4.78 is 1.65. The van der Waals surface area contributed by atoms with Gasteiger partial charge in [0.05, 0.1) is 17.6 Å². The van der Waals surface area contributed by atoms with Crippen LogP contribution in [0.3, 0.4) is 0 Å². The van der Waals surface area contributed by atoms with Crippen LogP contribution in [-0.2, 0) is 11.2 Å². The Hall–Kier alpha value is -2.35. The zero-order valence-electron chi connectivity index (χ0n) is 18.2. The number of amides is 2. The number of aromatic nitrogens is 3. The predicted octanol–water partition coefficient (Wildman–Crippen LogP) is 3.36. The second kappa shape index (κ2) is 11.7. The van der Waals surface area contributed by atoms with E-state index >= 15 is 0 Å². The van der Waals surface area contributed by atoms with Crippen molar-refractivity contribution in [3.8, 4) is 5.69 Å². The Bertz CT molecular complexity index is 812. The maximum absolute atomic E-state index is 12.0. The second-order valence-corrected chi connectivity index (χ2v) is 9.77. The summed E-state index contributed by atoms with van der Waals surface area (Å²) in [6.45, 7) is 7.51. The Morgan fingerprint density at radius 3 is 2.53 bits per heavy atom. The molecular formula is C22H33N5O2S. The maximum Gasteiger partial charge on any atom is 0.248 e. The van der Waals surface area contributed by atoms with Gasteiger partial charge in [0.2, 0.25) is 11.8 Å². The Balaban J connectivity index is 1.60. The Labute approximate surface area is 183 Å². The number of nitrogens with one attached hydrogen (secondary N) is 1. The van der Waals surface area contributed by atoms with Crippen molar-refractivity contribution in [2.75, 3.05) is 18.1 Å². The number of nitrogens with two attached hydrogens (primary N) is 1. The van der Waals surface area contributed by atoms with Crippen molar-refractivity contribution in [2.24, 2.45) is 11.1 Å². The normalized spacial score (nSPS) is 11.4. The van der Waals surface area contributed by atoms with Crippen molar-refractivity contribution in [3.05, 3.63) is 41.7 Å². The predicted molar refractivity (Wildman–Crippen MR) is 122 cm³/mol. The molecule has 8 heteroatoms. The van der Waals surface area contributed by atoms with Gasteiger partial charge in [-0.15, -0.1) is 5.10 Å². The lowest BCUT2D eigenvalue weighted by Crippen LogP contribution is -2.25. The summed E-state index contributed by atoms with van der Waals surface area (Å²) in [5, 5.41) is 11.2. The van der Waals surface area contributed by atoms with E-state index in [4.69, 9.17) is 5.73 Å². The van der Waals surface area contributed by atoms with Crippen LogP contribution in [0.4, 0.5) is 0 Å². The van der Waals surface area contributed by atoms with Crippen LogP contribution < -0.4 is 11.1 Å². The molecule has 2 amide bonds. The Morgan fingerprint density at radius 2 is 1.87 bits per heavy atom. The zero-order valence-corrected chi connectivity index (χ0v) is 19.0. The molecule has 0 atom stereocenters. The number of thioether (sulfide) groups is 1. The molecule has 30 heavy (non-hydrogen) atoms. The molecule has 1 heterocycles. The third-order valence-electron chi connectivity index (χ3n) is 4.58. The summed E-state index contributed by atoms with van der Waals surface area (Å²) in [5.74, 6) is 1.73. The van der Waals surface area contributed by atoms with Crippen LogP contribution >= 0.6 is 11.8 Å². The smallest absolute Gasteiger partial charge is 0.248 e. The Morgan fingerprint density at radius 1 is 1.13 bits per heavy atom. The topological polar surface area (TPSA) is 103 Å². The van der Waals surface area contributed by atoms with Gasteiger partial charge < -0.3 is 11.1 Å². The molecule has 0 radical (unpaired) electrons. The van der Waals surface area contributed by atoms with Crippen LogP contribution in [0, 0.1) is 5.41 Å². The molecule has 3 N–H and O–H groups in total. The van der Waals surface area contributed by atoms with Crippen LogP contribution in [0.15, 0.2) is 30.5 Å². The summed E-state index contributed by atoms with van der Waals surface area (Å²) in [4.78, 5) is 23.1. The van der Waals surface area contributed by atoms with E-state index < -0.39 is 5.91 Å². The lowest BCUT2D eigenvalue weighted by molar-refractivity contribution is -0.121. The summed E-state index contributed by atoms with van der Waals surface area (Å²) >= 11 is 1.90. The van der Waals surface area contributed by atoms with E-state index in [1.807, 2.05) is 18.0 Å². The van der Waals surface area contributed by atoms with Crippen LogP contribution in [0.2, 0.25) is 0 Å². The largest absolute Gasteiger partial charge is 0.366 e. The minimum Gasteiger partial charge on any atom is -0.366 e. The van der Waals surface area contributed by atoms with Crippen LogP contribution in [0.1, 0.15) is 62.5 Å². The van der Waals surface area contributed by atoms with E-state index in [2.05, 4.69) is 36.4 Å². The molecule has 0 spiro atoms. The van der Waals surface area contributed by atoms with Crippen molar-refractivity contribution in [3.63, 3.8) is 0 Å². The number of hydrogen-bond acceptors (Lipinski definition) is 5. The highest BCUT2D eigenvalue weighted by Gasteiger charge is 2.09. The molecule has 1 aromatic heterocycles. The van der Waals surface area contributed by atoms with Crippen molar-refractivity contribution >= 4 is 23.6 Å². The van der Waals surface area contributed by atoms with Crippen LogP contribution in [0.25, 0.3) is 5.69 Å². The number of carbonyl (C=O) groups is 2. The van der Waals surface area contributed by atoms with Gasteiger partial charge >= 0.3 is 0 Å². The number of benzene rings is 1. The second-order valence-electron chi connectivity index (χ2n) is 8.55. The fraction of sp³-hybridized carbons (Fsp3) is 0.545. The van der Waals surface area contributed by atoms with Gasteiger partial charge in [0.25, 0.3) is 0 Å². The van der Waals surface area contributed by atoms with Gasteiger partial charge in [0.1, 0.15) is 0 Å². The maximum atomic E-state index is 12.0. The van der Waals surface area contributed by atoms with Crippen molar-refractivity contribution in [2.45, 2.75) is 52.9 Å². The first-order valence-electron chi connectivity index (χ1n) is 10.4. The van der Waals surface area contributed by atoms with Gasteiger partial charge in [-0.1, -0.05) is 26.0 Å². The van der Waals surface area contributed by atoms with Gasteiger partial charge in [0.15, 0.2) is 0 Å². The minimum atomic E-state index is -0.460. The molecular weight excluding hydrogens is 398 g/mol. The standard InChI is InChI=1S/C22H33N5O2S/c1-22(2,3)12-5-14-30-15-13-24-20(28)7-4-6-18-16-27(26-25-18)19-10-8-17(9-11-19)21(23)29/h8-11,16H,4-7,12-15H2,1-3H3,(H2,23,29)(H,24,28). The first-order chi connectivity index (χ1) is 14.2. The van der Waals surface area contributed by atoms with Gasteiger partial charge in [-0.2, -0.15) is 11.8 Å². The molecule has 2 aromatic rings. The monoisotopic (exact) mass is 431 g/mol. The van der Waals surface area contributed by atoms with E-state index in [0.717, 1.165) is 35.9 Å². The fourth-order valence-corrected chi connectivity index (χ4v) is 3.70. The summed E-state index contributed by atoms with van der Waals surface area (Å²) in [5.41, 5.74) is 7.73. The first-order valence-corrected chi connectivity index (χ1v) is 11.6. The average molecular weight is 432 g/mol. The Kier molecular flexibility index (Phi) is 9.36. The molecule has 0 bridgehead atoms. The van der Waals surface area contributed by atoms with E-state index in [-0.39, 0.29) is 5.91 Å². The quantitative estimate of drug-likeness (QED) is 0.502. The lowest BCUT2D eigenvalue weighted by Gasteiger charge is -2.17. The van der Waals surface area contributed by atoms with E-state index in [9.17, 15) is 9.59 Å². The molecule has 1 aromatic carbocycles. The highest BCUT2D eigenvalue weighted by Crippen LogP contribution is 2.21. The number of hydrogen-bond donors (Lipinski definition) is 2.